The lowest BCUT2D eigenvalue weighted by atomic mass is 10.3. The third-order valence-corrected chi connectivity index (χ3v) is 5.97. The Morgan fingerprint density at radius 3 is 2.95 bits per heavy atom. The van der Waals surface area contributed by atoms with Gasteiger partial charge in [0.15, 0.2) is 15.0 Å². The van der Waals surface area contributed by atoms with Gasteiger partial charge in [0, 0.05) is 36.2 Å². The first-order valence-electron chi connectivity index (χ1n) is 6.52. The summed E-state index contributed by atoms with van der Waals surface area (Å²) >= 11 is 1.64. The van der Waals surface area contributed by atoms with Crippen molar-refractivity contribution < 1.29 is 8.42 Å². The van der Waals surface area contributed by atoms with E-state index in [0.29, 0.717) is 12.6 Å². The summed E-state index contributed by atoms with van der Waals surface area (Å²) in [6.07, 6.45) is 1.88. The Morgan fingerprint density at radius 1 is 1.58 bits per heavy atom. The van der Waals surface area contributed by atoms with Gasteiger partial charge in [-0.1, -0.05) is 13.8 Å². The second kappa shape index (κ2) is 5.76. The molecule has 0 spiro atoms. The summed E-state index contributed by atoms with van der Waals surface area (Å²) in [4.78, 5) is 7.71. The minimum Gasteiger partial charge on any atom is -0.343 e. The molecule has 1 aliphatic heterocycles. The monoisotopic (exact) mass is 303 g/mol. The van der Waals surface area contributed by atoms with E-state index in [1.54, 1.807) is 11.3 Å². The molecule has 1 aliphatic rings. The summed E-state index contributed by atoms with van der Waals surface area (Å²) in [6, 6.07) is 0.459. The molecular weight excluding hydrogens is 282 g/mol. The first kappa shape index (κ1) is 14.7. The number of anilines is 1. The molecular formula is C12H21N3O2S2. The van der Waals surface area contributed by atoms with Crippen LogP contribution in [0.1, 0.15) is 25.6 Å². The number of sulfone groups is 1. The maximum absolute atomic E-state index is 11.6. The number of hydrogen-bond acceptors (Lipinski definition) is 6. The van der Waals surface area contributed by atoms with E-state index in [1.807, 2.05) is 13.1 Å². The van der Waals surface area contributed by atoms with Crippen LogP contribution in [-0.2, 0) is 16.4 Å². The maximum atomic E-state index is 11.6. The normalized spacial score (nSPS) is 22.9. The van der Waals surface area contributed by atoms with Crippen LogP contribution in [0.25, 0.3) is 0 Å². The van der Waals surface area contributed by atoms with Crippen LogP contribution in [0.5, 0.6) is 0 Å². The van der Waals surface area contributed by atoms with Gasteiger partial charge < -0.3 is 10.2 Å². The molecule has 0 radical (unpaired) electrons. The molecule has 1 atom stereocenters. The number of hydrogen-bond donors (Lipinski definition) is 1. The minimum absolute atomic E-state index is 0.0100. The van der Waals surface area contributed by atoms with Gasteiger partial charge in [-0.25, -0.2) is 13.4 Å². The van der Waals surface area contributed by atoms with Crippen LogP contribution in [0, 0.1) is 0 Å². The minimum atomic E-state index is -2.86. The molecule has 0 bridgehead atoms. The highest BCUT2D eigenvalue weighted by Gasteiger charge is 2.29. The first-order chi connectivity index (χ1) is 8.87. The lowest BCUT2D eigenvalue weighted by molar-refractivity contribution is 0.568. The molecule has 2 heterocycles. The second-order valence-corrected chi connectivity index (χ2v) is 8.62. The maximum Gasteiger partial charge on any atom is 0.185 e. The topological polar surface area (TPSA) is 62.3 Å². The van der Waals surface area contributed by atoms with Gasteiger partial charge in [-0.3, -0.25) is 0 Å². The fourth-order valence-electron chi connectivity index (χ4n) is 2.10. The highest BCUT2D eigenvalue weighted by atomic mass is 32.2. The van der Waals surface area contributed by atoms with E-state index in [1.165, 1.54) is 4.88 Å². The molecule has 0 aliphatic carbocycles. The predicted molar refractivity (Wildman–Crippen MR) is 79.6 cm³/mol. The van der Waals surface area contributed by atoms with Crippen molar-refractivity contribution in [2.24, 2.45) is 0 Å². The average molecular weight is 303 g/mol. The Morgan fingerprint density at radius 2 is 2.32 bits per heavy atom. The zero-order chi connectivity index (χ0) is 14.0. The van der Waals surface area contributed by atoms with Gasteiger partial charge in [0.1, 0.15) is 0 Å². The molecule has 1 aromatic heterocycles. The van der Waals surface area contributed by atoms with E-state index >= 15 is 0 Å². The van der Waals surface area contributed by atoms with Gasteiger partial charge >= 0.3 is 0 Å². The standard InChI is InChI=1S/C12H21N3O2S2/c1-9(2)13-6-11-7-14-12(18-11)15-4-5-19(16,17)8-10(15)3/h7,9-10,13H,4-6,8H2,1-3H3. The van der Waals surface area contributed by atoms with Crippen LogP contribution >= 0.6 is 11.3 Å². The Kier molecular flexibility index (Phi) is 4.47. The summed E-state index contributed by atoms with van der Waals surface area (Å²) in [6.45, 7) is 7.53. The molecule has 1 unspecified atom stereocenters. The number of nitrogens with one attached hydrogen (secondary N) is 1. The average Bonchev–Trinajstić information content (AvgIpc) is 2.73. The van der Waals surface area contributed by atoms with E-state index in [0.717, 1.165) is 11.7 Å². The lowest BCUT2D eigenvalue weighted by Gasteiger charge is -2.32. The molecule has 19 heavy (non-hydrogen) atoms. The largest absolute Gasteiger partial charge is 0.343 e. The Hall–Kier alpha value is -0.660. The molecule has 0 aromatic carbocycles. The molecule has 1 aromatic rings. The van der Waals surface area contributed by atoms with Crippen LogP contribution < -0.4 is 10.2 Å². The number of thiazole rings is 1. The van der Waals surface area contributed by atoms with Crippen molar-refractivity contribution >= 4 is 26.3 Å². The molecule has 1 saturated heterocycles. The predicted octanol–water partition coefficient (Wildman–Crippen LogP) is 1.26. The Bertz CT molecular complexity index is 525. The van der Waals surface area contributed by atoms with Gasteiger partial charge in [-0.2, -0.15) is 0 Å². The first-order valence-corrected chi connectivity index (χ1v) is 9.16. The molecule has 2 rings (SSSR count). The molecule has 0 amide bonds. The van der Waals surface area contributed by atoms with Crippen molar-refractivity contribution in [1.82, 2.24) is 10.3 Å². The lowest BCUT2D eigenvalue weighted by Crippen LogP contribution is -2.46. The number of nitrogens with zero attached hydrogens (tertiary/aromatic N) is 2. The van der Waals surface area contributed by atoms with Crippen LogP contribution in [0.4, 0.5) is 5.13 Å². The fourth-order valence-corrected chi connectivity index (χ4v) is 4.64. The van der Waals surface area contributed by atoms with Gasteiger partial charge in [0.2, 0.25) is 0 Å². The quantitative estimate of drug-likeness (QED) is 0.907. The van der Waals surface area contributed by atoms with Crippen molar-refractivity contribution in [3.63, 3.8) is 0 Å². The molecule has 1 N–H and O–H groups in total. The SMILES string of the molecule is CC(C)NCc1cnc(N2CCS(=O)(=O)CC2C)s1. The van der Waals surface area contributed by atoms with Gasteiger partial charge in [0.25, 0.3) is 0 Å². The van der Waals surface area contributed by atoms with Gasteiger partial charge in [0.05, 0.1) is 11.5 Å². The van der Waals surface area contributed by atoms with Crippen LogP contribution in [0.2, 0.25) is 0 Å². The Labute approximate surface area is 119 Å². The van der Waals surface area contributed by atoms with Crippen LogP contribution in [0.15, 0.2) is 6.20 Å². The van der Waals surface area contributed by atoms with Crippen molar-refractivity contribution in [3.8, 4) is 0 Å². The van der Waals surface area contributed by atoms with E-state index in [-0.39, 0.29) is 17.5 Å². The molecule has 108 valence electrons. The summed E-state index contributed by atoms with van der Waals surface area (Å²) in [5, 5.41) is 4.29. The third-order valence-electron chi connectivity index (χ3n) is 3.14. The Balaban J connectivity index is 2.02. The van der Waals surface area contributed by atoms with Crippen LogP contribution in [-0.4, -0.2) is 43.5 Å². The molecule has 0 saturated carbocycles. The summed E-state index contributed by atoms with van der Waals surface area (Å²) in [5.74, 6) is 0.461. The molecule has 5 nitrogen and oxygen atoms in total. The van der Waals surface area contributed by atoms with E-state index < -0.39 is 9.84 Å². The van der Waals surface area contributed by atoms with E-state index in [4.69, 9.17) is 0 Å². The van der Waals surface area contributed by atoms with Gasteiger partial charge in [-0.05, 0) is 6.92 Å². The van der Waals surface area contributed by atoms with Crippen molar-refractivity contribution in [2.75, 3.05) is 23.0 Å². The summed E-state index contributed by atoms with van der Waals surface area (Å²) in [7, 11) is -2.86. The van der Waals surface area contributed by atoms with Crippen molar-refractivity contribution in [2.45, 2.75) is 39.4 Å². The van der Waals surface area contributed by atoms with Crippen molar-refractivity contribution in [1.29, 1.82) is 0 Å². The molecule has 7 heteroatoms. The van der Waals surface area contributed by atoms with Gasteiger partial charge in [-0.15, -0.1) is 11.3 Å². The fraction of sp³-hybridized carbons (Fsp3) is 0.750. The highest BCUT2D eigenvalue weighted by Crippen LogP contribution is 2.26. The van der Waals surface area contributed by atoms with Crippen molar-refractivity contribution in [3.05, 3.63) is 11.1 Å². The second-order valence-electron chi connectivity index (χ2n) is 5.30. The highest BCUT2D eigenvalue weighted by molar-refractivity contribution is 7.91. The third kappa shape index (κ3) is 3.90. The summed E-state index contributed by atoms with van der Waals surface area (Å²) < 4.78 is 23.1. The van der Waals surface area contributed by atoms with E-state index in [9.17, 15) is 8.42 Å². The number of rotatable bonds is 4. The smallest absolute Gasteiger partial charge is 0.185 e. The zero-order valence-corrected chi connectivity index (χ0v) is 13.2. The number of aromatic nitrogens is 1. The van der Waals surface area contributed by atoms with Crippen LogP contribution in [0.3, 0.4) is 0 Å². The van der Waals surface area contributed by atoms with E-state index in [2.05, 4.69) is 29.0 Å². The zero-order valence-electron chi connectivity index (χ0n) is 11.6. The summed E-state index contributed by atoms with van der Waals surface area (Å²) in [5.41, 5.74) is 0. The molecule has 1 fully saturated rings.